The third-order valence-corrected chi connectivity index (χ3v) is 6.54. The van der Waals surface area contributed by atoms with Crippen LogP contribution in [0.2, 0.25) is 0 Å². The summed E-state index contributed by atoms with van der Waals surface area (Å²) in [5, 5.41) is 24.2. The van der Waals surface area contributed by atoms with Crippen LogP contribution in [0.15, 0.2) is 52.5 Å². The van der Waals surface area contributed by atoms with Crippen LogP contribution >= 0.6 is 0 Å². The molecule has 2 aromatic carbocycles. The molecular formula is C26H28FN5O5. The Kier molecular flexibility index (Phi) is 7.53. The number of carboxylic acid groups (broad SMARTS) is 1. The maximum atomic E-state index is 15.1. The van der Waals surface area contributed by atoms with E-state index in [1.165, 1.54) is 6.20 Å². The van der Waals surface area contributed by atoms with Crippen LogP contribution < -0.4 is 15.6 Å². The van der Waals surface area contributed by atoms with Crippen molar-refractivity contribution in [2.24, 2.45) is 5.16 Å². The zero-order chi connectivity index (χ0) is 26.7. The van der Waals surface area contributed by atoms with Crippen LogP contribution in [0.3, 0.4) is 0 Å². The minimum Gasteiger partial charge on any atom is -0.477 e. The average Bonchev–Trinajstić information content (AvgIpc) is 2.89. The van der Waals surface area contributed by atoms with Crippen LogP contribution in [0.4, 0.5) is 15.8 Å². The van der Waals surface area contributed by atoms with Crippen molar-refractivity contribution < 1.29 is 24.3 Å². The maximum absolute atomic E-state index is 15.1. The molecule has 37 heavy (non-hydrogen) atoms. The number of pyridine rings is 1. The molecule has 0 atom stereocenters. The van der Waals surface area contributed by atoms with Gasteiger partial charge in [0, 0.05) is 50.0 Å². The van der Waals surface area contributed by atoms with Crippen molar-refractivity contribution in [2.45, 2.75) is 20.4 Å². The van der Waals surface area contributed by atoms with Crippen LogP contribution in [-0.2, 0) is 11.3 Å². The van der Waals surface area contributed by atoms with Crippen LogP contribution in [0.5, 0.6) is 0 Å². The number of hydrogen-bond donors (Lipinski definition) is 3. The maximum Gasteiger partial charge on any atom is 0.341 e. The normalized spacial score (nSPS) is 14.7. The molecule has 1 aliphatic heterocycles. The summed E-state index contributed by atoms with van der Waals surface area (Å²) < 4.78 is 16.7. The highest BCUT2D eigenvalue weighted by molar-refractivity contribution is 5.99. The molecule has 194 valence electrons. The number of benzene rings is 2. The van der Waals surface area contributed by atoms with Gasteiger partial charge in [-0.15, -0.1) is 0 Å². The number of nitrogens with one attached hydrogen (secondary N) is 1. The lowest BCUT2D eigenvalue weighted by Gasteiger charge is -2.36. The fourth-order valence-electron chi connectivity index (χ4n) is 4.46. The zero-order valence-electron chi connectivity index (χ0n) is 20.6. The van der Waals surface area contributed by atoms with E-state index in [0.717, 1.165) is 11.6 Å². The highest BCUT2D eigenvalue weighted by atomic mass is 19.1. The van der Waals surface area contributed by atoms with Gasteiger partial charge in [-0.2, -0.15) is 0 Å². The Morgan fingerprint density at radius 3 is 2.38 bits per heavy atom. The fourth-order valence-corrected chi connectivity index (χ4v) is 4.46. The summed E-state index contributed by atoms with van der Waals surface area (Å²) >= 11 is 0. The first kappa shape index (κ1) is 25.8. The van der Waals surface area contributed by atoms with Crippen LogP contribution in [-0.4, -0.2) is 70.1 Å². The molecule has 1 fully saturated rings. The van der Waals surface area contributed by atoms with E-state index < -0.39 is 22.8 Å². The third kappa shape index (κ3) is 5.46. The Hall–Kier alpha value is -4.25. The first-order valence-electron chi connectivity index (χ1n) is 11.9. The van der Waals surface area contributed by atoms with E-state index in [-0.39, 0.29) is 17.8 Å². The minimum absolute atomic E-state index is 0.0325. The van der Waals surface area contributed by atoms with Gasteiger partial charge in [0.05, 0.1) is 23.5 Å². The van der Waals surface area contributed by atoms with Gasteiger partial charge >= 0.3 is 5.97 Å². The number of rotatable bonds is 7. The number of carbonyl (C=O) groups excluding carboxylic acids is 1. The summed E-state index contributed by atoms with van der Waals surface area (Å²) in [4.78, 5) is 40.4. The molecule has 0 spiro atoms. The van der Waals surface area contributed by atoms with Crippen LogP contribution in [0.25, 0.3) is 10.9 Å². The van der Waals surface area contributed by atoms with Crippen LogP contribution in [0.1, 0.15) is 29.8 Å². The van der Waals surface area contributed by atoms with Gasteiger partial charge in [-0.1, -0.05) is 17.3 Å². The molecule has 11 heteroatoms. The van der Waals surface area contributed by atoms with Gasteiger partial charge in [0.15, 0.2) is 0 Å². The molecule has 3 aromatic rings. The predicted molar refractivity (Wildman–Crippen MR) is 139 cm³/mol. The van der Waals surface area contributed by atoms with E-state index in [9.17, 15) is 19.5 Å². The Morgan fingerprint density at radius 1 is 1.11 bits per heavy atom. The lowest BCUT2D eigenvalue weighted by Crippen LogP contribution is -2.49. The number of hydrogen-bond acceptors (Lipinski definition) is 7. The number of oxime groups is 1. The molecule has 0 unspecified atom stereocenters. The number of fused-ring (bicyclic) bond motifs is 1. The summed E-state index contributed by atoms with van der Waals surface area (Å²) in [7, 11) is 0. The van der Waals surface area contributed by atoms with E-state index in [0.29, 0.717) is 55.3 Å². The first-order chi connectivity index (χ1) is 17.7. The minimum atomic E-state index is -1.35. The van der Waals surface area contributed by atoms with E-state index in [1.807, 2.05) is 16.7 Å². The monoisotopic (exact) mass is 509 g/mol. The molecule has 0 bridgehead atoms. The number of halogens is 1. The second-order valence-electron chi connectivity index (χ2n) is 8.86. The van der Waals surface area contributed by atoms with E-state index >= 15 is 4.39 Å². The number of aromatic nitrogens is 1. The lowest BCUT2D eigenvalue weighted by molar-refractivity contribution is -0.117. The van der Waals surface area contributed by atoms with E-state index in [2.05, 4.69) is 10.5 Å². The second kappa shape index (κ2) is 10.8. The number of aryl methyl sites for hydroxylation is 1. The molecule has 4 rings (SSSR count). The van der Waals surface area contributed by atoms with Gasteiger partial charge in [0.25, 0.3) is 0 Å². The van der Waals surface area contributed by atoms with Crippen molar-refractivity contribution in [3.05, 3.63) is 69.8 Å². The number of nitrogens with zero attached hydrogens (tertiary/aromatic N) is 4. The standard InChI is InChI=1S/C26H28FN5O5/c1-3-31-14-20(26(35)36)25(34)19-12-21(27)23(13-22(19)31)32-10-8-30(9-11-32)15-24(33)28-18-6-4-17(5-7-18)16(2)29-37/h4-7,12-14,37H,3,8-11,15H2,1-2H3,(H,28,33)(H,35,36)/b29-16+. The highest BCUT2D eigenvalue weighted by Crippen LogP contribution is 2.26. The zero-order valence-corrected chi connectivity index (χ0v) is 20.6. The Bertz CT molecular complexity index is 1430. The van der Waals surface area contributed by atoms with Gasteiger partial charge in [-0.3, -0.25) is 14.5 Å². The lowest BCUT2D eigenvalue weighted by atomic mass is 10.1. The number of anilines is 2. The average molecular weight is 510 g/mol. The van der Waals surface area contributed by atoms with Gasteiger partial charge in [0.2, 0.25) is 11.3 Å². The Labute approximate surface area is 212 Å². The second-order valence-corrected chi connectivity index (χ2v) is 8.86. The van der Waals surface area contributed by atoms with Crippen molar-refractivity contribution in [1.29, 1.82) is 0 Å². The molecular weight excluding hydrogens is 481 g/mol. The molecule has 0 radical (unpaired) electrons. The number of aromatic carboxylic acids is 1. The number of carboxylic acids is 1. The quantitative estimate of drug-likeness (QED) is 0.254. The molecule has 0 aliphatic carbocycles. The first-order valence-corrected chi connectivity index (χ1v) is 11.9. The molecule has 1 saturated heterocycles. The summed E-state index contributed by atoms with van der Waals surface area (Å²) in [6.45, 7) is 6.13. The fraction of sp³-hybridized carbons (Fsp3) is 0.308. The smallest absolute Gasteiger partial charge is 0.341 e. The van der Waals surface area contributed by atoms with Crippen molar-refractivity contribution in [1.82, 2.24) is 9.47 Å². The Morgan fingerprint density at radius 2 is 1.78 bits per heavy atom. The SMILES string of the molecule is CCn1cc(C(=O)O)c(=O)c2cc(F)c(N3CCN(CC(=O)Nc4ccc(/C(C)=N/O)cc4)CC3)cc21. The predicted octanol–water partition coefficient (Wildman–Crippen LogP) is 2.82. The molecule has 2 heterocycles. The van der Waals surface area contributed by atoms with Gasteiger partial charge < -0.3 is 25.1 Å². The highest BCUT2D eigenvalue weighted by Gasteiger charge is 2.23. The molecule has 1 aliphatic rings. The largest absolute Gasteiger partial charge is 0.477 e. The van der Waals surface area contributed by atoms with Crippen molar-refractivity contribution >= 4 is 39.9 Å². The van der Waals surface area contributed by atoms with E-state index in [4.69, 9.17) is 5.21 Å². The number of piperazine rings is 1. The Balaban J connectivity index is 1.42. The third-order valence-electron chi connectivity index (χ3n) is 6.54. The molecule has 1 amide bonds. The topological polar surface area (TPSA) is 127 Å². The van der Waals surface area contributed by atoms with E-state index in [1.54, 1.807) is 41.8 Å². The number of amides is 1. The number of carbonyl (C=O) groups is 2. The summed E-state index contributed by atoms with van der Waals surface area (Å²) in [5.41, 5.74) is 1.56. The summed E-state index contributed by atoms with van der Waals surface area (Å²) in [5.74, 6) is -2.11. The summed E-state index contributed by atoms with van der Waals surface area (Å²) in [6, 6.07) is 9.68. The van der Waals surface area contributed by atoms with Gasteiger partial charge in [-0.05, 0) is 43.7 Å². The van der Waals surface area contributed by atoms with Crippen molar-refractivity contribution in [3.63, 3.8) is 0 Å². The van der Waals surface area contributed by atoms with Gasteiger partial charge in [0.1, 0.15) is 11.4 Å². The van der Waals surface area contributed by atoms with Crippen molar-refractivity contribution in [2.75, 3.05) is 42.9 Å². The molecule has 1 aromatic heterocycles. The van der Waals surface area contributed by atoms with Gasteiger partial charge in [-0.25, -0.2) is 9.18 Å². The summed E-state index contributed by atoms with van der Waals surface area (Å²) in [6.07, 6.45) is 1.29. The molecule has 0 saturated carbocycles. The molecule has 10 nitrogen and oxygen atoms in total. The van der Waals surface area contributed by atoms with Crippen molar-refractivity contribution in [3.8, 4) is 0 Å². The molecule has 3 N–H and O–H groups in total. The van der Waals surface area contributed by atoms with Crippen LogP contribution in [0, 0.1) is 5.82 Å².